The third-order valence-electron chi connectivity index (χ3n) is 3.08. The third kappa shape index (κ3) is 3.66. The van der Waals surface area contributed by atoms with Gasteiger partial charge in [0.15, 0.2) is 5.82 Å². The molecule has 1 saturated carbocycles. The Kier molecular flexibility index (Phi) is 4.00. The van der Waals surface area contributed by atoms with Gasteiger partial charge < -0.3 is 15.8 Å². The minimum atomic E-state index is -0.616. The SMILES string of the molecule is CC1NN=C(CNc2nc(N)nc(OCC3CC3)c2F)S1. The summed E-state index contributed by atoms with van der Waals surface area (Å²) in [5, 5.41) is 8.05. The van der Waals surface area contributed by atoms with Crippen LogP contribution in [0.4, 0.5) is 16.2 Å². The Morgan fingerprint density at radius 1 is 1.48 bits per heavy atom. The van der Waals surface area contributed by atoms with E-state index in [1.807, 2.05) is 6.92 Å². The second kappa shape index (κ2) is 5.92. The molecule has 0 aromatic carbocycles. The molecule has 114 valence electrons. The number of hydrogen-bond acceptors (Lipinski definition) is 8. The van der Waals surface area contributed by atoms with E-state index in [1.54, 1.807) is 11.8 Å². The molecule has 1 fully saturated rings. The van der Waals surface area contributed by atoms with Gasteiger partial charge in [0.05, 0.1) is 18.5 Å². The molecule has 7 nitrogen and oxygen atoms in total. The van der Waals surface area contributed by atoms with Crippen molar-refractivity contribution in [1.82, 2.24) is 15.4 Å². The first kappa shape index (κ1) is 14.2. The number of nitrogen functional groups attached to an aromatic ring is 1. The molecular weight excluding hydrogens is 295 g/mol. The number of rotatable bonds is 6. The number of hydrogen-bond donors (Lipinski definition) is 3. The van der Waals surface area contributed by atoms with E-state index in [-0.39, 0.29) is 23.0 Å². The number of nitrogens with one attached hydrogen (secondary N) is 2. The Bertz CT molecular complexity index is 565. The Hall–Kier alpha value is -1.77. The number of hydrazone groups is 1. The Labute approximate surface area is 125 Å². The van der Waals surface area contributed by atoms with Gasteiger partial charge in [-0.05, 0) is 25.7 Å². The van der Waals surface area contributed by atoms with Crippen LogP contribution in [0.25, 0.3) is 0 Å². The van der Waals surface area contributed by atoms with Crippen molar-refractivity contribution in [3.8, 4) is 5.88 Å². The monoisotopic (exact) mass is 312 g/mol. The number of thioether (sulfide) groups is 1. The zero-order chi connectivity index (χ0) is 14.8. The van der Waals surface area contributed by atoms with Gasteiger partial charge in [-0.2, -0.15) is 19.5 Å². The van der Waals surface area contributed by atoms with Crippen LogP contribution in [0.1, 0.15) is 19.8 Å². The quantitative estimate of drug-likeness (QED) is 0.730. The molecule has 1 aromatic heterocycles. The van der Waals surface area contributed by atoms with Crippen molar-refractivity contribution in [3.63, 3.8) is 0 Å². The topological polar surface area (TPSA) is 97.5 Å². The number of nitrogens with zero attached hydrogens (tertiary/aromatic N) is 3. The first-order valence-corrected chi connectivity index (χ1v) is 7.68. The summed E-state index contributed by atoms with van der Waals surface area (Å²) in [6.45, 7) is 2.84. The molecule has 3 rings (SSSR count). The minimum Gasteiger partial charge on any atom is -0.475 e. The predicted octanol–water partition coefficient (Wildman–Crippen LogP) is 1.39. The third-order valence-corrected chi connectivity index (χ3v) is 4.05. The van der Waals surface area contributed by atoms with E-state index in [0.717, 1.165) is 17.9 Å². The predicted molar refractivity (Wildman–Crippen MR) is 80.7 cm³/mol. The smallest absolute Gasteiger partial charge is 0.257 e. The largest absolute Gasteiger partial charge is 0.475 e. The zero-order valence-corrected chi connectivity index (χ0v) is 12.4. The molecule has 1 unspecified atom stereocenters. The van der Waals surface area contributed by atoms with Crippen LogP contribution in [0, 0.1) is 11.7 Å². The summed E-state index contributed by atoms with van der Waals surface area (Å²) in [6.07, 6.45) is 2.24. The maximum Gasteiger partial charge on any atom is 0.257 e. The summed E-state index contributed by atoms with van der Waals surface area (Å²) in [4.78, 5) is 7.68. The summed E-state index contributed by atoms with van der Waals surface area (Å²) in [6, 6.07) is 0. The molecule has 0 bridgehead atoms. The lowest BCUT2D eigenvalue weighted by atomic mass is 10.4. The van der Waals surface area contributed by atoms with Gasteiger partial charge in [0.1, 0.15) is 5.04 Å². The van der Waals surface area contributed by atoms with Crippen LogP contribution in [0.2, 0.25) is 0 Å². The Morgan fingerprint density at radius 2 is 2.29 bits per heavy atom. The highest BCUT2D eigenvalue weighted by Crippen LogP contribution is 2.30. The van der Waals surface area contributed by atoms with Crippen molar-refractivity contribution in [1.29, 1.82) is 0 Å². The van der Waals surface area contributed by atoms with E-state index in [9.17, 15) is 4.39 Å². The van der Waals surface area contributed by atoms with Crippen LogP contribution in [0.3, 0.4) is 0 Å². The first-order chi connectivity index (χ1) is 10.1. The molecule has 9 heteroatoms. The fraction of sp³-hybridized carbons (Fsp3) is 0.583. The van der Waals surface area contributed by atoms with Gasteiger partial charge in [0.25, 0.3) is 5.88 Å². The van der Waals surface area contributed by atoms with Crippen LogP contribution in [0.5, 0.6) is 5.88 Å². The minimum absolute atomic E-state index is 0.0165. The Balaban J connectivity index is 1.65. The molecule has 0 saturated heterocycles. The molecule has 1 aliphatic heterocycles. The molecule has 1 aromatic rings. The van der Waals surface area contributed by atoms with Crippen molar-refractivity contribution < 1.29 is 9.13 Å². The van der Waals surface area contributed by atoms with E-state index in [1.165, 1.54) is 0 Å². The van der Waals surface area contributed by atoms with Crippen LogP contribution in [0.15, 0.2) is 5.10 Å². The van der Waals surface area contributed by atoms with E-state index in [2.05, 4.69) is 25.8 Å². The van der Waals surface area contributed by atoms with Crippen LogP contribution >= 0.6 is 11.8 Å². The highest BCUT2D eigenvalue weighted by Gasteiger charge is 2.24. The van der Waals surface area contributed by atoms with E-state index in [0.29, 0.717) is 19.1 Å². The van der Waals surface area contributed by atoms with Crippen molar-refractivity contribution in [2.75, 3.05) is 24.2 Å². The van der Waals surface area contributed by atoms with Gasteiger partial charge in [-0.1, -0.05) is 11.8 Å². The lowest BCUT2D eigenvalue weighted by Crippen LogP contribution is -2.15. The summed E-state index contributed by atoms with van der Waals surface area (Å²) < 4.78 is 19.6. The molecule has 2 heterocycles. The maximum absolute atomic E-state index is 14.2. The fourth-order valence-corrected chi connectivity index (χ4v) is 2.57. The number of nitrogens with two attached hydrogens (primary N) is 1. The molecule has 21 heavy (non-hydrogen) atoms. The molecule has 0 radical (unpaired) electrons. The fourth-order valence-electron chi connectivity index (χ4n) is 1.80. The highest BCUT2D eigenvalue weighted by molar-refractivity contribution is 8.14. The average molecular weight is 312 g/mol. The highest BCUT2D eigenvalue weighted by atomic mass is 32.2. The number of halogens is 1. The maximum atomic E-state index is 14.2. The van der Waals surface area contributed by atoms with Gasteiger partial charge in [-0.3, -0.25) is 5.43 Å². The van der Waals surface area contributed by atoms with E-state index in [4.69, 9.17) is 10.5 Å². The molecule has 1 atom stereocenters. The second-order valence-electron chi connectivity index (χ2n) is 5.05. The number of anilines is 2. The van der Waals surface area contributed by atoms with E-state index < -0.39 is 5.82 Å². The van der Waals surface area contributed by atoms with Gasteiger partial charge in [0, 0.05) is 0 Å². The van der Waals surface area contributed by atoms with Gasteiger partial charge >= 0.3 is 0 Å². The van der Waals surface area contributed by atoms with Gasteiger partial charge in [-0.15, -0.1) is 0 Å². The molecule has 2 aliphatic rings. The number of aromatic nitrogens is 2. The molecular formula is C12H17FN6OS. The summed E-state index contributed by atoms with van der Waals surface area (Å²) in [7, 11) is 0. The van der Waals surface area contributed by atoms with Crippen molar-refractivity contribution in [2.24, 2.45) is 11.0 Å². The summed E-state index contributed by atoms with van der Waals surface area (Å²) in [5.74, 6) is -0.180. The van der Waals surface area contributed by atoms with Crippen LogP contribution < -0.4 is 21.2 Å². The molecule has 1 aliphatic carbocycles. The summed E-state index contributed by atoms with van der Waals surface area (Å²) >= 11 is 1.57. The number of ether oxygens (including phenoxy) is 1. The van der Waals surface area contributed by atoms with Crippen LogP contribution in [-0.4, -0.2) is 33.5 Å². The zero-order valence-electron chi connectivity index (χ0n) is 11.6. The normalized spacial score (nSPS) is 20.9. The van der Waals surface area contributed by atoms with Crippen molar-refractivity contribution >= 4 is 28.6 Å². The van der Waals surface area contributed by atoms with Crippen molar-refractivity contribution in [3.05, 3.63) is 5.82 Å². The molecule has 0 spiro atoms. The molecule has 0 amide bonds. The van der Waals surface area contributed by atoms with Gasteiger partial charge in [-0.25, -0.2) is 0 Å². The Morgan fingerprint density at radius 3 is 2.95 bits per heavy atom. The average Bonchev–Trinajstić information content (AvgIpc) is 3.19. The lowest BCUT2D eigenvalue weighted by molar-refractivity contribution is 0.273. The second-order valence-corrected chi connectivity index (χ2v) is 6.47. The summed E-state index contributed by atoms with van der Waals surface area (Å²) in [5.41, 5.74) is 8.52. The molecule has 4 N–H and O–H groups in total. The standard InChI is InChI=1S/C12H17FN6OS/c1-6-18-19-8(21-6)4-15-10-9(13)11(17-12(14)16-10)20-5-7-2-3-7/h6-7,18H,2-5H2,1H3,(H3,14,15,16,17). The van der Waals surface area contributed by atoms with Crippen molar-refractivity contribution in [2.45, 2.75) is 25.1 Å². The lowest BCUT2D eigenvalue weighted by Gasteiger charge is -2.10. The van der Waals surface area contributed by atoms with E-state index >= 15 is 0 Å². The van der Waals surface area contributed by atoms with Crippen LogP contribution in [-0.2, 0) is 0 Å². The van der Waals surface area contributed by atoms with Gasteiger partial charge in [0.2, 0.25) is 11.8 Å². The first-order valence-electron chi connectivity index (χ1n) is 6.80.